The zero-order chi connectivity index (χ0) is 10.1. The van der Waals surface area contributed by atoms with Crippen molar-refractivity contribution in [1.82, 2.24) is 0 Å². The van der Waals surface area contributed by atoms with Crippen LogP contribution >= 0.6 is 0 Å². The molecule has 14 heavy (non-hydrogen) atoms. The molecule has 0 heterocycles. The largest absolute Gasteiger partial charge is 0.324 e. The van der Waals surface area contributed by atoms with Crippen molar-refractivity contribution < 1.29 is 0 Å². The third kappa shape index (κ3) is 1.40. The van der Waals surface area contributed by atoms with Gasteiger partial charge in [-0.05, 0) is 35.7 Å². The minimum Gasteiger partial charge on any atom is -0.324 e. The van der Waals surface area contributed by atoms with Crippen LogP contribution in [-0.4, -0.2) is 0 Å². The molecule has 1 unspecified atom stereocenters. The van der Waals surface area contributed by atoms with E-state index in [1.807, 2.05) is 6.92 Å². The van der Waals surface area contributed by atoms with Gasteiger partial charge in [0.15, 0.2) is 0 Å². The predicted molar refractivity (Wildman–Crippen MR) is 61.3 cm³/mol. The molecule has 0 aliphatic carbocycles. The van der Waals surface area contributed by atoms with Gasteiger partial charge in [-0.2, -0.15) is 0 Å². The molecule has 72 valence electrons. The fourth-order valence-corrected chi connectivity index (χ4v) is 1.94. The van der Waals surface area contributed by atoms with Gasteiger partial charge in [-0.3, -0.25) is 0 Å². The number of fused-ring (bicyclic) bond motifs is 1. The summed E-state index contributed by atoms with van der Waals surface area (Å²) in [7, 11) is 0. The normalized spacial score (nSPS) is 13.1. The molecular formula is C13H15N. The molecule has 1 atom stereocenters. The number of benzene rings is 2. The number of hydrogen-bond donors (Lipinski definition) is 1. The monoisotopic (exact) mass is 185 g/mol. The second-order valence-electron chi connectivity index (χ2n) is 3.81. The predicted octanol–water partition coefficient (Wildman–Crippen LogP) is 3.17. The number of aryl methyl sites for hydroxylation is 1. The molecule has 1 nitrogen and oxygen atoms in total. The summed E-state index contributed by atoms with van der Waals surface area (Å²) in [6.07, 6.45) is 0. The Balaban J connectivity index is 2.84. The molecule has 0 saturated heterocycles. The van der Waals surface area contributed by atoms with Crippen LogP contribution in [0.15, 0.2) is 36.4 Å². The first-order valence-electron chi connectivity index (χ1n) is 4.94. The van der Waals surface area contributed by atoms with Gasteiger partial charge >= 0.3 is 0 Å². The highest BCUT2D eigenvalue weighted by Gasteiger charge is 2.06. The second-order valence-corrected chi connectivity index (χ2v) is 3.81. The van der Waals surface area contributed by atoms with Gasteiger partial charge in [0.05, 0.1) is 0 Å². The fraction of sp³-hybridized carbons (Fsp3) is 0.231. The van der Waals surface area contributed by atoms with Crippen molar-refractivity contribution >= 4 is 10.8 Å². The minimum atomic E-state index is 0.0970. The zero-order valence-corrected chi connectivity index (χ0v) is 8.62. The maximum absolute atomic E-state index is 5.95. The van der Waals surface area contributed by atoms with Crippen molar-refractivity contribution in [3.63, 3.8) is 0 Å². The van der Waals surface area contributed by atoms with Crippen LogP contribution in [0.2, 0.25) is 0 Å². The summed E-state index contributed by atoms with van der Waals surface area (Å²) >= 11 is 0. The lowest BCUT2D eigenvalue weighted by atomic mass is 9.96. The Labute approximate surface area is 84.5 Å². The SMILES string of the molecule is Cc1cccc2cccc(C(C)N)c12. The Morgan fingerprint density at radius 2 is 1.71 bits per heavy atom. The number of hydrogen-bond acceptors (Lipinski definition) is 1. The zero-order valence-electron chi connectivity index (χ0n) is 8.62. The van der Waals surface area contributed by atoms with Crippen LogP contribution < -0.4 is 5.73 Å². The molecule has 0 bridgehead atoms. The highest BCUT2D eigenvalue weighted by atomic mass is 14.6. The second kappa shape index (κ2) is 3.43. The van der Waals surface area contributed by atoms with Crippen molar-refractivity contribution in [2.45, 2.75) is 19.9 Å². The molecule has 2 aromatic carbocycles. The van der Waals surface area contributed by atoms with E-state index in [9.17, 15) is 0 Å². The Bertz CT molecular complexity index is 452. The molecule has 2 rings (SSSR count). The van der Waals surface area contributed by atoms with Crippen LogP contribution in [0, 0.1) is 6.92 Å². The molecule has 2 N–H and O–H groups in total. The van der Waals surface area contributed by atoms with Gasteiger partial charge in [0.1, 0.15) is 0 Å². The molecule has 0 spiro atoms. The first-order valence-corrected chi connectivity index (χ1v) is 4.94. The van der Waals surface area contributed by atoms with E-state index < -0.39 is 0 Å². The lowest BCUT2D eigenvalue weighted by Gasteiger charge is -2.11. The van der Waals surface area contributed by atoms with Crippen LogP contribution in [0.1, 0.15) is 24.1 Å². The van der Waals surface area contributed by atoms with Gasteiger partial charge in [0.2, 0.25) is 0 Å². The summed E-state index contributed by atoms with van der Waals surface area (Å²) in [5.41, 5.74) is 8.49. The van der Waals surface area contributed by atoms with E-state index in [0.717, 1.165) is 0 Å². The highest BCUT2D eigenvalue weighted by Crippen LogP contribution is 2.25. The van der Waals surface area contributed by atoms with Crippen molar-refractivity contribution in [3.05, 3.63) is 47.5 Å². The summed E-state index contributed by atoms with van der Waals surface area (Å²) < 4.78 is 0. The Morgan fingerprint density at radius 3 is 2.36 bits per heavy atom. The molecule has 0 radical (unpaired) electrons. The molecule has 0 aromatic heterocycles. The van der Waals surface area contributed by atoms with Crippen molar-refractivity contribution in [2.75, 3.05) is 0 Å². The Morgan fingerprint density at radius 1 is 1.07 bits per heavy atom. The molecule has 2 aromatic rings. The topological polar surface area (TPSA) is 26.0 Å². The first-order chi connectivity index (χ1) is 6.70. The molecular weight excluding hydrogens is 170 g/mol. The first kappa shape index (κ1) is 9.22. The average Bonchev–Trinajstić information content (AvgIpc) is 2.17. The molecule has 0 saturated carbocycles. The van der Waals surface area contributed by atoms with E-state index in [-0.39, 0.29) is 6.04 Å². The van der Waals surface area contributed by atoms with Gasteiger partial charge in [-0.15, -0.1) is 0 Å². The van der Waals surface area contributed by atoms with Crippen LogP contribution in [-0.2, 0) is 0 Å². The summed E-state index contributed by atoms with van der Waals surface area (Å²) in [6.45, 7) is 4.16. The maximum Gasteiger partial charge on any atom is 0.0272 e. The average molecular weight is 185 g/mol. The Kier molecular flexibility index (Phi) is 2.26. The number of nitrogens with two attached hydrogens (primary N) is 1. The highest BCUT2D eigenvalue weighted by molar-refractivity contribution is 5.89. The quantitative estimate of drug-likeness (QED) is 0.725. The van der Waals surface area contributed by atoms with E-state index in [2.05, 4.69) is 43.3 Å². The van der Waals surface area contributed by atoms with Gasteiger partial charge in [-0.1, -0.05) is 36.4 Å². The van der Waals surface area contributed by atoms with Crippen molar-refractivity contribution in [2.24, 2.45) is 5.73 Å². The summed E-state index contributed by atoms with van der Waals surface area (Å²) in [6, 6.07) is 12.8. The third-order valence-electron chi connectivity index (χ3n) is 2.64. The lowest BCUT2D eigenvalue weighted by molar-refractivity contribution is 0.826. The van der Waals surface area contributed by atoms with Gasteiger partial charge in [-0.25, -0.2) is 0 Å². The standard InChI is InChI=1S/C13H15N/c1-9-5-3-6-11-7-4-8-12(10(2)14)13(9)11/h3-8,10H,14H2,1-2H3. The number of rotatable bonds is 1. The van der Waals surface area contributed by atoms with Gasteiger partial charge in [0.25, 0.3) is 0 Å². The minimum absolute atomic E-state index is 0.0970. The van der Waals surface area contributed by atoms with E-state index >= 15 is 0 Å². The molecule has 0 amide bonds. The summed E-state index contributed by atoms with van der Waals surface area (Å²) in [4.78, 5) is 0. The molecule has 0 aliphatic heterocycles. The van der Waals surface area contributed by atoms with E-state index in [0.29, 0.717) is 0 Å². The van der Waals surface area contributed by atoms with Gasteiger partial charge in [0, 0.05) is 6.04 Å². The third-order valence-corrected chi connectivity index (χ3v) is 2.64. The maximum atomic E-state index is 5.95. The van der Waals surface area contributed by atoms with Crippen molar-refractivity contribution in [1.29, 1.82) is 0 Å². The van der Waals surface area contributed by atoms with E-state index in [1.54, 1.807) is 0 Å². The van der Waals surface area contributed by atoms with E-state index in [4.69, 9.17) is 5.73 Å². The fourth-order valence-electron chi connectivity index (χ4n) is 1.94. The van der Waals surface area contributed by atoms with Crippen LogP contribution in [0.5, 0.6) is 0 Å². The molecule has 1 heteroatoms. The Hall–Kier alpha value is -1.34. The lowest BCUT2D eigenvalue weighted by Crippen LogP contribution is -2.05. The van der Waals surface area contributed by atoms with Gasteiger partial charge < -0.3 is 5.73 Å². The smallest absolute Gasteiger partial charge is 0.0272 e. The molecule has 0 fully saturated rings. The summed E-state index contributed by atoms with van der Waals surface area (Å²) in [5, 5.41) is 2.59. The van der Waals surface area contributed by atoms with Crippen LogP contribution in [0.4, 0.5) is 0 Å². The molecule has 0 aliphatic rings. The van der Waals surface area contributed by atoms with E-state index in [1.165, 1.54) is 21.9 Å². The van der Waals surface area contributed by atoms with Crippen LogP contribution in [0.3, 0.4) is 0 Å². The van der Waals surface area contributed by atoms with Crippen molar-refractivity contribution in [3.8, 4) is 0 Å². The summed E-state index contributed by atoms with van der Waals surface area (Å²) in [5.74, 6) is 0. The van der Waals surface area contributed by atoms with Crippen LogP contribution in [0.25, 0.3) is 10.8 Å².